The van der Waals surface area contributed by atoms with Gasteiger partial charge in [0.05, 0.1) is 17.8 Å². The molecule has 13 atom stereocenters. The van der Waals surface area contributed by atoms with Crippen LogP contribution in [0.15, 0.2) is 11.6 Å². The van der Waals surface area contributed by atoms with Gasteiger partial charge in [0.15, 0.2) is 6.29 Å². The normalized spacial score (nSPS) is 54.4. The van der Waals surface area contributed by atoms with Crippen LogP contribution in [0.5, 0.6) is 0 Å². The van der Waals surface area contributed by atoms with Gasteiger partial charge in [0.1, 0.15) is 31.2 Å². The van der Waals surface area contributed by atoms with E-state index in [1.165, 1.54) is 6.29 Å². The van der Waals surface area contributed by atoms with Gasteiger partial charge >= 0.3 is 5.97 Å². The van der Waals surface area contributed by atoms with Crippen molar-refractivity contribution in [3.63, 3.8) is 0 Å². The summed E-state index contributed by atoms with van der Waals surface area (Å²) in [6, 6.07) is 0. The monoisotopic (exact) mass is 534 g/mol. The topological polar surface area (TPSA) is 143 Å². The number of aliphatic hydroxyl groups is 4. The molecule has 0 aromatic carbocycles. The van der Waals surface area contributed by atoms with Crippen molar-refractivity contribution in [1.82, 2.24) is 0 Å². The Hall–Kier alpha value is -1.36. The Bertz CT molecular complexity index is 999. The van der Waals surface area contributed by atoms with Gasteiger partial charge in [0, 0.05) is 16.9 Å². The minimum absolute atomic E-state index is 0.0322. The number of carbonyl (C=O) groups excluding carboxylic acids is 2. The van der Waals surface area contributed by atoms with Gasteiger partial charge in [-0.05, 0) is 94.0 Å². The molecule has 4 aliphatic carbocycles. The number of aliphatic hydroxyl groups excluding tert-OH is 3. The average Bonchev–Trinajstić information content (AvgIpc) is 3.45. The van der Waals surface area contributed by atoms with E-state index in [0.29, 0.717) is 32.3 Å². The van der Waals surface area contributed by atoms with Gasteiger partial charge in [0.2, 0.25) is 0 Å². The third kappa shape index (κ3) is 3.72. The molecule has 0 amide bonds. The van der Waals surface area contributed by atoms with Crippen molar-refractivity contribution in [2.75, 3.05) is 6.61 Å². The highest BCUT2D eigenvalue weighted by molar-refractivity contribution is 5.85. The van der Waals surface area contributed by atoms with Gasteiger partial charge in [-0.15, -0.1) is 0 Å². The number of esters is 1. The lowest BCUT2D eigenvalue weighted by atomic mass is 9.43. The molecule has 2 heterocycles. The lowest BCUT2D eigenvalue weighted by molar-refractivity contribution is -0.309. The van der Waals surface area contributed by atoms with Crippen molar-refractivity contribution in [1.29, 1.82) is 0 Å². The fraction of sp³-hybridized carbons (Fsp3) is 0.862. The smallest absolute Gasteiger partial charge is 0.331 e. The number of aldehydes is 1. The molecule has 38 heavy (non-hydrogen) atoms. The number of rotatable bonds is 4. The molecular formula is C29H42O9. The summed E-state index contributed by atoms with van der Waals surface area (Å²) >= 11 is 0. The third-order valence-corrected chi connectivity index (χ3v) is 11.9. The molecule has 5 fully saturated rings. The van der Waals surface area contributed by atoms with E-state index < -0.39 is 41.7 Å². The van der Waals surface area contributed by atoms with E-state index in [4.69, 9.17) is 14.2 Å². The van der Waals surface area contributed by atoms with Crippen LogP contribution >= 0.6 is 0 Å². The maximum atomic E-state index is 12.9. The van der Waals surface area contributed by atoms with Gasteiger partial charge in [-0.1, -0.05) is 6.92 Å². The summed E-state index contributed by atoms with van der Waals surface area (Å²) in [5.41, 5.74) is -0.739. The average molecular weight is 535 g/mol. The van der Waals surface area contributed by atoms with E-state index in [-0.39, 0.29) is 41.2 Å². The van der Waals surface area contributed by atoms with Crippen molar-refractivity contribution in [3.05, 3.63) is 11.6 Å². The van der Waals surface area contributed by atoms with Crippen LogP contribution in [0.2, 0.25) is 0 Å². The Morgan fingerprint density at radius 2 is 1.79 bits per heavy atom. The molecule has 9 nitrogen and oxygen atoms in total. The summed E-state index contributed by atoms with van der Waals surface area (Å²) in [5, 5.41) is 42.9. The molecule has 4 N–H and O–H groups in total. The van der Waals surface area contributed by atoms with Gasteiger partial charge < -0.3 is 39.4 Å². The largest absolute Gasteiger partial charge is 0.458 e. The fourth-order valence-electron chi connectivity index (χ4n) is 9.73. The highest BCUT2D eigenvalue weighted by Gasteiger charge is 2.68. The summed E-state index contributed by atoms with van der Waals surface area (Å²) in [7, 11) is 0. The first-order valence-corrected chi connectivity index (χ1v) is 14.4. The second-order valence-electron chi connectivity index (χ2n) is 13.2. The number of ether oxygens (including phenoxy) is 3. The van der Waals surface area contributed by atoms with E-state index >= 15 is 0 Å². The molecule has 0 aromatic rings. The molecule has 9 heteroatoms. The standard InChI is InChI=1S/C29H42O9/c1-15-23(32)24(33)25(34)26(37-15)38-18-5-9-28(14-30)17(12-18)3-4-21-20(28)6-8-27(2)19(7-10-29(21,27)35)16-11-22(31)36-13-16/h11,14-15,17-21,23-26,32-35H,3-10,12-13H2,1-2H3/t15-,17?,18?,19?,20?,21?,23-,24+,25+,26-,27?,28?,29?/m0/s1. The van der Waals surface area contributed by atoms with Crippen molar-refractivity contribution < 1.29 is 44.2 Å². The number of fused-ring (bicyclic) bond motifs is 5. The predicted octanol–water partition coefficient (Wildman–Crippen LogP) is 1.64. The summed E-state index contributed by atoms with van der Waals surface area (Å²) < 4.78 is 17.0. The van der Waals surface area contributed by atoms with Gasteiger partial charge in [-0.25, -0.2) is 4.79 Å². The molecule has 0 spiro atoms. The Balaban J connectivity index is 1.19. The highest BCUT2D eigenvalue weighted by atomic mass is 16.7. The maximum Gasteiger partial charge on any atom is 0.331 e. The summed E-state index contributed by atoms with van der Waals surface area (Å²) in [6.45, 7) is 4.13. The quantitative estimate of drug-likeness (QED) is 0.240. The van der Waals surface area contributed by atoms with Gasteiger partial charge in [-0.3, -0.25) is 0 Å². The molecule has 1 saturated heterocycles. The highest BCUT2D eigenvalue weighted by Crippen LogP contribution is 2.69. The minimum Gasteiger partial charge on any atom is -0.458 e. The summed E-state index contributed by atoms with van der Waals surface area (Å²) in [4.78, 5) is 24.7. The van der Waals surface area contributed by atoms with Crippen molar-refractivity contribution >= 4 is 12.3 Å². The second-order valence-corrected chi connectivity index (χ2v) is 13.2. The zero-order valence-electron chi connectivity index (χ0n) is 22.3. The number of cyclic esters (lactones) is 1. The van der Waals surface area contributed by atoms with Crippen LogP contribution in [0.4, 0.5) is 0 Å². The van der Waals surface area contributed by atoms with E-state index in [1.807, 2.05) is 0 Å². The number of hydrogen-bond acceptors (Lipinski definition) is 9. The first-order chi connectivity index (χ1) is 18.0. The van der Waals surface area contributed by atoms with Crippen LogP contribution in [-0.2, 0) is 23.8 Å². The first kappa shape index (κ1) is 26.8. The summed E-state index contributed by atoms with van der Waals surface area (Å²) in [6.07, 6.45) is 3.80. The molecule has 6 rings (SSSR count). The Kier molecular flexibility index (Phi) is 6.60. The fourth-order valence-corrected chi connectivity index (χ4v) is 9.73. The third-order valence-electron chi connectivity index (χ3n) is 11.9. The molecule has 0 radical (unpaired) electrons. The van der Waals surface area contributed by atoms with Crippen molar-refractivity contribution in [2.24, 2.45) is 34.5 Å². The van der Waals surface area contributed by atoms with Crippen LogP contribution in [0.25, 0.3) is 0 Å². The van der Waals surface area contributed by atoms with E-state index in [2.05, 4.69) is 6.92 Å². The lowest BCUT2D eigenvalue weighted by Crippen LogP contribution is -2.63. The SMILES string of the molecule is C[C@@H]1O[C@@H](OC2CCC3(C=O)C(CCC4C3CCC3(C)C(C5=CC(=O)OC5)CCC43O)C2)[C@H](O)[C@H](O)[C@H]1O. The Morgan fingerprint density at radius 1 is 1.00 bits per heavy atom. The zero-order chi connectivity index (χ0) is 27.0. The molecular weight excluding hydrogens is 492 g/mol. The Labute approximate surface area is 223 Å². The molecule has 4 saturated carbocycles. The first-order valence-electron chi connectivity index (χ1n) is 14.4. The minimum atomic E-state index is -1.34. The van der Waals surface area contributed by atoms with Gasteiger partial charge in [-0.2, -0.15) is 0 Å². The molecule has 0 bridgehead atoms. The molecule has 8 unspecified atom stereocenters. The van der Waals surface area contributed by atoms with Crippen LogP contribution in [0.1, 0.15) is 71.6 Å². The van der Waals surface area contributed by atoms with Crippen LogP contribution in [0, 0.1) is 34.5 Å². The lowest BCUT2D eigenvalue weighted by Gasteiger charge is -2.63. The number of carbonyl (C=O) groups is 2. The van der Waals surface area contributed by atoms with E-state index in [9.17, 15) is 30.0 Å². The maximum absolute atomic E-state index is 12.9. The van der Waals surface area contributed by atoms with Crippen molar-refractivity contribution in [2.45, 2.75) is 114 Å². The van der Waals surface area contributed by atoms with Crippen LogP contribution in [-0.4, -0.2) is 81.7 Å². The van der Waals surface area contributed by atoms with E-state index in [0.717, 1.165) is 37.7 Å². The Morgan fingerprint density at radius 3 is 2.50 bits per heavy atom. The van der Waals surface area contributed by atoms with Crippen LogP contribution in [0.3, 0.4) is 0 Å². The predicted molar refractivity (Wildman–Crippen MR) is 133 cm³/mol. The molecule has 2 aliphatic heterocycles. The second kappa shape index (κ2) is 9.35. The van der Waals surface area contributed by atoms with Crippen molar-refractivity contribution in [3.8, 4) is 0 Å². The van der Waals surface area contributed by atoms with Crippen LogP contribution < -0.4 is 0 Å². The molecule has 0 aromatic heterocycles. The van der Waals surface area contributed by atoms with E-state index in [1.54, 1.807) is 13.0 Å². The number of hydrogen-bond donors (Lipinski definition) is 4. The zero-order valence-corrected chi connectivity index (χ0v) is 22.3. The molecule has 6 aliphatic rings. The molecule has 212 valence electrons. The van der Waals surface area contributed by atoms with Gasteiger partial charge in [0.25, 0.3) is 0 Å². The summed E-state index contributed by atoms with van der Waals surface area (Å²) in [5.74, 6) is 0.0678.